The highest BCUT2D eigenvalue weighted by Gasteiger charge is 2.44. The Morgan fingerprint density at radius 3 is 2.67 bits per heavy atom. The summed E-state index contributed by atoms with van der Waals surface area (Å²) in [5.74, 6) is 0.305. The second kappa shape index (κ2) is 8.40. The standard InChI is InChI=1S/C18H21N3O6/c1-10-17(25-2)15(22)16(23)18(26-10)27-12-7-11(9-20-24)21-14(8-12)13-5-3-4-6-19-13/h3-10,15-18,22-24H,1-2H3/b20-9+/t10-,15-,16+,17-,18-/m0/s1. The summed E-state index contributed by atoms with van der Waals surface area (Å²) in [6, 6.07) is 8.50. The Morgan fingerprint density at radius 2 is 2.00 bits per heavy atom. The summed E-state index contributed by atoms with van der Waals surface area (Å²) >= 11 is 0. The van der Waals surface area contributed by atoms with Gasteiger partial charge in [0.2, 0.25) is 6.29 Å². The number of aliphatic hydroxyl groups is 2. The monoisotopic (exact) mass is 375 g/mol. The molecule has 0 aliphatic carbocycles. The highest BCUT2D eigenvalue weighted by atomic mass is 16.7. The van der Waals surface area contributed by atoms with E-state index in [0.29, 0.717) is 22.8 Å². The number of nitrogens with zero attached hydrogens (tertiary/aromatic N) is 3. The average molecular weight is 375 g/mol. The second-order valence-corrected chi connectivity index (χ2v) is 6.08. The molecule has 2 aromatic heterocycles. The summed E-state index contributed by atoms with van der Waals surface area (Å²) in [5, 5.41) is 32.3. The molecule has 144 valence electrons. The molecule has 2 aromatic rings. The zero-order chi connectivity index (χ0) is 19.4. The smallest absolute Gasteiger partial charge is 0.229 e. The number of methoxy groups -OCH3 is 1. The number of ether oxygens (including phenoxy) is 3. The van der Waals surface area contributed by atoms with E-state index in [1.807, 2.05) is 6.07 Å². The van der Waals surface area contributed by atoms with E-state index in [-0.39, 0.29) is 0 Å². The number of hydrogen-bond donors (Lipinski definition) is 3. The molecular formula is C18H21N3O6. The Kier molecular flexibility index (Phi) is 5.97. The van der Waals surface area contributed by atoms with E-state index in [9.17, 15) is 10.2 Å². The molecule has 0 bridgehead atoms. The van der Waals surface area contributed by atoms with Crippen molar-refractivity contribution >= 4 is 6.21 Å². The van der Waals surface area contributed by atoms with Gasteiger partial charge in [-0.1, -0.05) is 11.2 Å². The molecule has 3 heterocycles. The molecule has 0 saturated carbocycles. The fraction of sp³-hybridized carbons (Fsp3) is 0.389. The summed E-state index contributed by atoms with van der Waals surface area (Å²) in [6.45, 7) is 1.72. The van der Waals surface area contributed by atoms with Gasteiger partial charge in [-0.15, -0.1) is 0 Å². The topological polar surface area (TPSA) is 127 Å². The number of rotatable bonds is 5. The molecule has 3 rings (SSSR count). The lowest BCUT2D eigenvalue weighted by Crippen LogP contribution is -2.58. The van der Waals surface area contributed by atoms with Crippen LogP contribution in [0.4, 0.5) is 0 Å². The third kappa shape index (κ3) is 4.22. The summed E-state index contributed by atoms with van der Waals surface area (Å²) in [5.41, 5.74) is 1.40. The molecule has 1 aliphatic rings. The fourth-order valence-electron chi connectivity index (χ4n) is 2.93. The number of pyridine rings is 2. The Hall–Kier alpha value is -2.59. The van der Waals surface area contributed by atoms with Crippen molar-refractivity contribution in [2.45, 2.75) is 37.6 Å². The van der Waals surface area contributed by atoms with Crippen LogP contribution < -0.4 is 4.74 Å². The van der Waals surface area contributed by atoms with E-state index >= 15 is 0 Å². The van der Waals surface area contributed by atoms with Crippen molar-refractivity contribution in [1.82, 2.24) is 9.97 Å². The van der Waals surface area contributed by atoms with Crippen LogP contribution in [-0.4, -0.2) is 69.4 Å². The molecule has 0 radical (unpaired) electrons. The Labute approximate surface area is 155 Å². The minimum Gasteiger partial charge on any atom is -0.462 e. The van der Waals surface area contributed by atoms with E-state index in [4.69, 9.17) is 19.4 Å². The lowest BCUT2D eigenvalue weighted by molar-refractivity contribution is -0.272. The zero-order valence-electron chi connectivity index (χ0n) is 14.8. The van der Waals surface area contributed by atoms with E-state index in [1.54, 1.807) is 31.3 Å². The largest absolute Gasteiger partial charge is 0.462 e. The van der Waals surface area contributed by atoms with Crippen LogP contribution in [0.1, 0.15) is 12.6 Å². The molecule has 3 N–H and O–H groups in total. The van der Waals surface area contributed by atoms with Crippen LogP contribution >= 0.6 is 0 Å². The first-order chi connectivity index (χ1) is 13.0. The maximum Gasteiger partial charge on any atom is 0.229 e. The first-order valence-corrected chi connectivity index (χ1v) is 8.35. The number of aliphatic hydroxyl groups excluding tert-OH is 2. The maximum atomic E-state index is 10.3. The van der Waals surface area contributed by atoms with Crippen molar-refractivity contribution in [3.05, 3.63) is 42.2 Å². The number of hydrogen-bond acceptors (Lipinski definition) is 9. The second-order valence-electron chi connectivity index (χ2n) is 6.08. The average Bonchev–Trinajstić information content (AvgIpc) is 2.67. The zero-order valence-corrected chi connectivity index (χ0v) is 14.8. The van der Waals surface area contributed by atoms with Gasteiger partial charge in [0, 0.05) is 25.4 Å². The number of oxime groups is 1. The van der Waals surface area contributed by atoms with Gasteiger partial charge in [-0.2, -0.15) is 0 Å². The van der Waals surface area contributed by atoms with Crippen molar-refractivity contribution in [3.63, 3.8) is 0 Å². The van der Waals surface area contributed by atoms with Crippen molar-refractivity contribution in [3.8, 4) is 17.1 Å². The van der Waals surface area contributed by atoms with Gasteiger partial charge in [-0.3, -0.25) is 4.98 Å². The molecule has 9 heteroatoms. The third-order valence-electron chi connectivity index (χ3n) is 4.24. The minimum absolute atomic E-state index is 0.305. The first-order valence-electron chi connectivity index (χ1n) is 8.35. The van der Waals surface area contributed by atoms with Gasteiger partial charge >= 0.3 is 0 Å². The van der Waals surface area contributed by atoms with E-state index in [1.165, 1.54) is 13.2 Å². The molecule has 5 atom stereocenters. The molecule has 1 fully saturated rings. The fourth-order valence-corrected chi connectivity index (χ4v) is 2.93. The van der Waals surface area contributed by atoms with Gasteiger partial charge in [0.1, 0.15) is 24.1 Å². The van der Waals surface area contributed by atoms with Crippen LogP contribution in [0.25, 0.3) is 11.4 Å². The van der Waals surface area contributed by atoms with Gasteiger partial charge in [-0.05, 0) is 19.1 Å². The Morgan fingerprint density at radius 1 is 1.19 bits per heavy atom. The summed E-state index contributed by atoms with van der Waals surface area (Å²) in [7, 11) is 1.43. The van der Waals surface area contributed by atoms with Crippen LogP contribution in [0.5, 0.6) is 5.75 Å². The van der Waals surface area contributed by atoms with Gasteiger partial charge in [-0.25, -0.2) is 4.98 Å². The molecule has 0 spiro atoms. The van der Waals surface area contributed by atoms with Crippen LogP contribution in [0.3, 0.4) is 0 Å². The maximum absolute atomic E-state index is 10.3. The Balaban J connectivity index is 1.89. The lowest BCUT2D eigenvalue weighted by atomic mass is 10.00. The van der Waals surface area contributed by atoms with E-state index < -0.39 is 30.7 Å². The van der Waals surface area contributed by atoms with Gasteiger partial charge in [0.25, 0.3) is 0 Å². The predicted molar refractivity (Wildman–Crippen MR) is 94.6 cm³/mol. The van der Waals surface area contributed by atoms with Crippen molar-refractivity contribution < 1.29 is 29.6 Å². The molecule has 0 unspecified atom stereocenters. The SMILES string of the molecule is CO[C@@H]1[C@@H](O)[C@@H](O)[C@H](Oc2cc(/C=N/O)nc(-c3ccccn3)c2)O[C@H]1C. The first kappa shape index (κ1) is 19.2. The number of aromatic nitrogens is 2. The van der Waals surface area contributed by atoms with Crippen molar-refractivity contribution in [2.75, 3.05) is 7.11 Å². The summed E-state index contributed by atoms with van der Waals surface area (Å²) in [6.07, 6.45) is -1.98. The van der Waals surface area contributed by atoms with E-state index in [0.717, 1.165) is 6.21 Å². The van der Waals surface area contributed by atoms with Crippen molar-refractivity contribution in [2.24, 2.45) is 5.16 Å². The van der Waals surface area contributed by atoms with Crippen molar-refractivity contribution in [1.29, 1.82) is 0 Å². The lowest BCUT2D eigenvalue weighted by Gasteiger charge is -2.40. The summed E-state index contributed by atoms with van der Waals surface area (Å²) < 4.78 is 16.6. The molecule has 1 aliphatic heterocycles. The third-order valence-corrected chi connectivity index (χ3v) is 4.24. The minimum atomic E-state index is -1.31. The quantitative estimate of drug-likeness (QED) is 0.398. The molecule has 27 heavy (non-hydrogen) atoms. The van der Waals surface area contributed by atoms with Gasteiger partial charge in [0.05, 0.1) is 29.4 Å². The summed E-state index contributed by atoms with van der Waals surface area (Å²) in [4.78, 5) is 8.57. The predicted octanol–water partition coefficient (Wildman–Crippen LogP) is 0.812. The highest BCUT2D eigenvalue weighted by Crippen LogP contribution is 2.27. The van der Waals surface area contributed by atoms with Gasteiger partial charge in [0.15, 0.2) is 0 Å². The molecular weight excluding hydrogens is 354 g/mol. The molecule has 0 aromatic carbocycles. The highest BCUT2D eigenvalue weighted by molar-refractivity contribution is 5.78. The van der Waals surface area contributed by atoms with Crippen LogP contribution in [0, 0.1) is 0 Å². The van der Waals surface area contributed by atoms with Crippen LogP contribution in [0.2, 0.25) is 0 Å². The molecule has 1 saturated heterocycles. The van der Waals surface area contributed by atoms with E-state index in [2.05, 4.69) is 15.1 Å². The molecule has 9 nitrogen and oxygen atoms in total. The Bertz CT molecular complexity index is 788. The van der Waals surface area contributed by atoms with Crippen LogP contribution in [-0.2, 0) is 9.47 Å². The van der Waals surface area contributed by atoms with Crippen LogP contribution in [0.15, 0.2) is 41.7 Å². The van der Waals surface area contributed by atoms with Gasteiger partial charge < -0.3 is 29.6 Å². The normalized spacial score (nSPS) is 28.4. The molecule has 0 amide bonds.